The van der Waals surface area contributed by atoms with Crippen molar-refractivity contribution in [2.24, 2.45) is 0 Å². The molecule has 0 N–H and O–H groups in total. The average Bonchev–Trinajstić information content (AvgIpc) is 2.50. The van der Waals surface area contributed by atoms with Crippen molar-refractivity contribution in [1.82, 2.24) is 9.36 Å². The predicted octanol–water partition coefficient (Wildman–Crippen LogP) is 3.55. The third-order valence-electron chi connectivity index (χ3n) is 2.05. The first-order chi connectivity index (χ1) is 6.02. The second-order valence-electron chi connectivity index (χ2n) is 3.61. The molecule has 1 rings (SSSR count). The molecule has 0 fully saturated rings. The Morgan fingerprint density at radius 2 is 1.85 bits per heavy atom. The van der Waals surface area contributed by atoms with Crippen LogP contribution < -0.4 is 0 Å². The van der Waals surface area contributed by atoms with Crippen LogP contribution in [0.2, 0.25) is 0 Å². The van der Waals surface area contributed by atoms with Crippen LogP contribution >= 0.6 is 27.5 Å². The van der Waals surface area contributed by atoms with Crippen LogP contribution in [-0.4, -0.2) is 14.2 Å². The third kappa shape index (κ3) is 2.74. The van der Waals surface area contributed by atoms with Crippen LogP contribution in [0.4, 0.5) is 0 Å². The Morgan fingerprint density at radius 1 is 1.23 bits per heavy atom. The van der Waals surface area contributed by atoms with E-state index >= 15 is 0 Å². The molecule has 0 saturated heterocycles. The topological polar surface area (TPSA) is 25.8 Å². The fourth-order valence-corrected chi connectivity index (χ4v) is 2.23. The number of hydrogen-bond donors (Lipinski definition) is 0. The van der Waals surface area contributed by atoms with Gasteiger partial charge in [0.1, 0.15) is 10.8 Å². The Kier molecular flexibility index (Phi) is 3.86. The van der Waals surface area contributed by atoms with Crippen LogP contribution in [0, 0.1) is 0 Å². The first-order valence-corrected chi connectivity index (χ1v) is 6.18. The minimum atomic E-state index is 0.433. The van der Waals surface area contributed by atoms with Crippen LogP contribution in [0.3, 0.4) is 0 Å². The van der Waals surface area contributed by atoms with Gasteiger partial charge >= 0.3 is 0 Å². The van der Waals surface area contributed by atoms with Crippen LogP contribution in [0.1, 0.15) is 50.4 Å². The van der Waals surface area contributed by atoms with E-state index < -0.39 is 0 Å². The molecule has 2 unspecified atom stereocenters. The molecule has 1 aromatic rings. The molecule has 0 aliphatic carbocycles. The van der Waals surface area contributed by atoms with Gasteiger partial charge in [-0.1, -0.05) is 43.6 Å². The van der Waals surface area contributed by atoms with Crippen molar-refractivity contribution in [3.05, 3.63) is 10.8 Å². The van der Waals surface area contributed by atoms with Gasteiger partial charge in [0.25, 0.3) is 0 Å². The zero-order valence-electron chi connectivity index (χ0n) is 8.41. The SMILES string of the molecule is CC(C)c1nsc(C(C)C(C)Br)n1. The highest BCUT2D eigenvalue weighted by molar-refractivity contribution is 9.09. The fraction of sp³-hybridized carbons (Fsp3) is 0.778. The van der Waals surface area contributed by atoms with Gasteiger partial charge in [-0.2, -0.15) is 4.37 Å². The number of nitrogens with zero attached hydrogens (tertiary/aromatic N) is 2. The van der Waals surface area contributed by atoms with Crippen molar-refractivity contribution < 1.29 is 0 Å². The second kappa shape index (κ2) is 4.51. The largest absolute Gasteiger partial charge is 0.224 e. The summed E-state index contributed by atoms with van der Waals surface area (Å²) in [7, 11) is 0. The number of halogens is 1. The lowest BCUT2D eigenvalue weighted by molar-refractivity contribution is 0.730. The first kappa shape index (κ1) is 11.1. The molecule has 1 aromatic heterocycles. The Bertz CT molecular complexity index is 270. The van der Waals surface area contributed by atoms with Crippen molar-refractivity contribution >= 4 is 27.5 Å². The van der Waals surface area contributed by atoms with Gasteiger partial charge < -0.3 is 0 Å². The molecule has 0 amide bonds. The van der Waals surface area contributed by atoms with E-state index in [0.717, 1.165) is 10.8 Å². The van der Waals surface area contributed by atoms with E-state index in [9.17, 15) is 0 Å². The third-order valence-corrected chi connectivity index (χ3v) is 3.77. The molecule has 74 valence electrons. The van der Waals surface area contributed by atoms with E-state index in [1.807, 2.05) is 0 Å². The minimum Gasteiger partial charge on any atom is -0.224 e. The summed E-state index contributed by atoms with van der Waals surface area (Å²) in [6.45, 7) is 8.55. The van der Waals surface area contributed by atoms with Crippen LogP contribution in [0.15, 0.2) is 0 Å². The molecule has 0 aliphatic heterocycles. The maximum Gasteiger partial charge on any atom is 0.145 e. The normalized spacial score (nSPS) is 16.2. The molecule has 1 heterocycles. The molecule has 0 saturated carbocycles. The molecule has 2 nitrogen and oxygen atoms in total. The highest BCUT2D eigenvalue weighted by Gasteiger charge is 2.17. The summed E-state index contributed by atoms with van der Waals surface area (Å²) >= 11 is 5.08. The van der Waals surface area contributed by atoms with E-state index in [4.69, 9.17) is 0 Å². The number of aromatic nitrogens is 2. The second-order valence-corrected chi connectivity index (χ2v) is 5.84. The lowest BCUT2D eigenvalue weighted by Gasteiger charge is -2.09. The van der Waals surface area contributed by atoms with Gasteiger partial charge in [0.2, 0.25) is 0 Å². The quantitative estimate of drug-likeness (QED) is 0.779. The maximum atomic E-state index is 4.51. The summed E-state index contributed by atoms with van der Waals surface area (Å²) in [6, 6.07) is 0. The molecule has 0 spiro atoms. The van der Waals surface area contributed by atoms with Crippen molar-refractivity contribution in [2.45, 2.75) is 44.4 Å². The average molecular weight is 263 g/mol. The van der Waals surface area contributed by atoms with Gasteiger partial charge in [-0.25, -0.2) is 4.98 Å². The van der Waals surface area contributed by atoms with E-state index in [1.54, 1.807) is 0 Å². The number of alkyl halides is 1. The Morgan fingerprint density at radius 3 is 2.23 bits per heavy atom. The number of hydrogen-bond acceptors (Lipinski definition) is 3. The standard InChI is InChI=1S/C9H15BrN2S/c1-5(2)8-11-9(13-12-8)6(3)7(4)10/h5-7H,1-4H3. The monoisotopic (exact) mass is 262 g/mol. The molecule has 0 aliphatic rings. The zero-order valence-corrected chi connectivity index (χ0v) is 10.8. The molecular weight excluding hydrogens is 248 g/mol. The molecule has 0 bridgehead atoms. The smallest absolute Gasteiger partial charge is 0.145 e. The Hall–Kier alpha value is 0.0400. The van der Waals surface area contributed by atoms with Crippen LogP contribution in [-0.2, 0) is 0 Å². The molecule has 13 heavy (non-hydrogen) atoms. The zero-order chi connectivity index (χ0) is 10.0. The summed E-state index contributed by atoms with van der Waals surface area (Å²) < 4.78 is 4.33. The van der Waals surface area contributed by atoms with E-state index in [1.165, 1.54) is 11.5 Å². The first-order valence-electron chi connectivity index (χ1n) is 4.50. The Balaban J connectivity index is 2.79. The molecule has 2 atom stereocenters. The lowest BCUT2D eigenvalue weighted by Crippen LogP contribution is -2.04. The minimum absolute atomic E-state index is 0.433. The summed E-state index contributed by atoms with van der Waals surface area (Å²) in [4.78, 5) is 4.97. The summed E-state index contributed by atoms with van der Waals surface area (Å²) in [5.74, 6) is 1.85. The van der Waals surface area contributed by atoms with Crippen molar-refractivity contribution in [3.8, 4) is 0 Å². The van der Waals surface area contributed by atoms with Crippen LogP contribution in [0.5, 0.6) is 0 Å². The van der Waals surface area contributed by atoms with Crippen molar-refractivity contribution in [1.29, 1.82) is 0 Å². The predicted molar refractivity (Wildman–Crippen MR) is 60.8 cm³/mol. The van der Waals surface area contributed by atoms with Gasteiger partial charge in [0.05, 0.1) is 0 Å². The van der Waals surface area contributed by atoms with Gasteiger partial charge in [-0.15, -0.1) is 0 Å². The van der Waals surface area contributed by atoms with E-state index in [-0.39, 0.29) is 0 Å². The lowest BCUT2D eigenvalue weighted by atomic mass is 10.1. The van der Waals surface area contributed by atoms with Crippen molar-refractivity contribution in [2.75, 3.05) is 0 Å². The summed E-state index contributed by atoms with van der Waals surface area (Å²) in [5.41, 5.74) is 0. The van der Waals surface area contributed by atoms with Gasteiger partial charge in [0.15, 0.2) is 0 Å². The fourth-order valence-electron chi connectivity index (χ4n) is 0.863. The molecule has 0 aromatic carbocycles. The highest BCUT2D eigenvalue weighted by atomic mass is 79.9. The van der Waals surface area contributed by atoms with Crippen LogP contribution in [0.25, 0.3) is 0 Å². The van der Waals surface area contributed by atoms with Gasteiger partial charge in [-0.05, 0) is 11.5 Å². The highest BCUT2D eigenvalue weighted by Crippen LogP contribution is 2.26. The summed E-state index contributed by atoms with van der Waals surface area (Å²) in [5, 5.41) is 1.13. The van der Waals surface area contributed by atoms with Crippen molar-refractivity contribution in [3.63, 3.8) is 0 Å². The Labute approximate surface area is 92.1 Å². The number of rotatable bonds is 3. The van der Waals surface area contributed by atoms with E-state index in [0.29, 0.717) is 16.7 Å². The maximum absolute atomic E-state index is 4.51. The van der Waals surface area contributed by atoms with Gasteiger partial charge in [-0.3, -0.25) is 0 Å². The molecule has 0 radical (unpaired) electrons. The molecule has 4 heteroatoms. The van der Waals surface area contributed by atoms with E-state index in [2.05, 4.69) is 53.0 Å². The van der Waals surface area contributed by atoms with Gasteiger partial charge in [0, 0.05) is 16.7 Å². The molecular formula is C9H15BrN2S. The summed E-state index contributed by atoms with van der Waals surface area (Å²) in [6.07, 6.45) is 0.